The fraction of sp³-hybridized carbons (Fsp3) is 0.222. The minimum Gasteiger partial charge on any atom is -0.462 e. The Bertz CT molecular complexity index is 717. The molecule has 23 heavy (non-hydrogen) atoms. The Morgan fingerprint density at radius 2 is 1.96 bits per heavy atom. The molecule has 0 aliphatic carbocycles. The van der Waals surface area contributed by atoms with Gasteiger partial charge in [-0.25, -0.2) is 0 Å². The van der Waals surface area contributed by atoms with Gasteiger partial charge in [-0.3, -0.25) is 9.59 Å². The molecule has 0 saturated heterocycles. The van der Waals surface area contributed by atoms with Crippen molar-refractivity contribution in [2.45, 2.75) is 20.3 Å². The summed E-state index contributed by atoms with van der Waals surface area (Å²) in [6.45, 7) is 3.77. The molecule has 0 saturated carbocycles. The molecule has 0 radical (unpaired) electrons. The number of carbonyl (C=O) groups excluding carboxylic acids is 2. The monoisotopic (exact) mass is 312 g/mol. The number of amides is 2. The van der Waals surface area contributed by atoms with Gasteiger partial charge in [0.1, 0.15) is 11.5 Å². The number of rotatable bonds is 6. The van der Waals surface area contributed by atoms with Crippen LogP contribution in [0.2, 0.25) is 0 Å². The molecule has 1 heterocycles. The Kier molecular flexibility index (Phi) is 5.74. The van der Waals surface area contributed by atoms with Crippen molar-refractivity contribution < 1.29 is 14.0 Å². The molecule has 5 nitrogen and oxygen atoms in total. The number of para-hydroxylation sites is 1. The third kappa shape index (κ3) is 5.14. The van der Waals surface area contributed by atoms with E-state index in [1.165, 1.54) is 6.08 Å². The van der Waals surface area contributed by atoms with Gasteiger partial charge in [-0.1, -0.05) is 25.1 Å². The van der Waals surface area contributed by atoms with Crippen molar-refractivity contribution in [3.63, 3.8) is 0 Å². The first kappa shape index (κ1) is 16.5. The smallest absolute Gasteiger partial charge is 0.244 e. The summed E-state index contributed by atoms with van der Waals surface area (Å²) in [6, 6.07) is 11.2. The maximum atomic E-state index is 11.9. The lowest BCUT2D eigenvalue weighted by Crippen LogP contribution is -2.31. The molecule has 0 spiro atoms. The van der Waals surface area contributed by atoms with Crippen molar-refractivity contribution >= 4 is 23.6 Å². The van der Waals surface area contributed by atoms with Gasteiger partial charge in [-0.2, -0.15) is 0 Å². The van der Waals surface area contributed by atoms with Crippen LogP contribution < -0.4 is 10.6 Å². The topological polar surface area (TPSA) is 71.3 Å². The Morgan fingerprint density at radius 1 is 1.17 bits per heavy atom. The van der Waals surface area contributed by atoms with Gasteiger partial charge in [0.2, 0.25) is 11.8 Å². The number of carbonyl (C=O) groups is 2. The molecule has 0 aliphatic rings. The summed E-state index contributed by atoms with van der Waals surface area (Å²) >= 11 is 0. The molecule has 120 valence electrons. The lowest BCUT2D eigenvalue weighted by Gasteiger charge is -2.09. The van der Waals surface area contributed by atoms with Crippen LogP contribution >= 0.6 is 0 Å². The molecule has 0 fully saturated rings. The number of nitrogens with one attached hydrogen (secondary N) is 2. The summed E-state index contributed by atoms with van der Waals surface area (Å²) in [6.07, 6.45) is 3.73. The number of hydrogen-bond donors (Lipinski definition) is 2. The highest BCUT2D eigenvalue weighted by atomic mass is 16.3. The van der Waals surface area contributed by atoms with Crippen molar-refractivity contribution in [1.29, 1.82) is 0 Å². The van der Waals surface area contributed by atoms with Crippen LogP contribution in [0.25, 0.3) is 6.08 Å². The standard InChI is InChI=1S/C18H20N2O3/c1-3-14-6-4-5-7-16(14)20-18(22)12-19-17(21)11-10-15-9-8-13(2)23-15/h4-11H,3,12H2,1-2H3,(H,19,21)(H,20,22)/b11-10+. The number of anilines is 1. The van der Waals surface area contributed by atoms with Crippen LogP contribution in [0.15, 0.2) is 46.9 Å². The van der Waals surface area contributed by atoms with Crippen LogP contribution in [-0.2, 0) is 16.0 Å². The molecule has 1 aromatic heterocycles. The predicted molar refractivity (Wildman–Crippen MR) is 89.9 cm³/mol. The van der Waals surface area contributed by atoms with Gasteiger partial charge in [-0.05, 0) is 43.2 Å². The highest BCUT2D eigenvalue weighted by Crippen LogP contribution is 2.14. The Hall–Kier alpha value is -2.82. The van der Waals surface area contributed by atoms with E-state index in [0.717, 1.165) is 23.4 Å². The Balaban J connectivity index is 1.82. The normalized spacial score (nSPS) is 10.7. The molecule has 0 atom stereocenters. The Labute approximate surface area is 135 Å². The van der Waals surface area contributed by atoms with E-state index in [2.05, 4.69) is 10.6 Å². The molecule has 2 rings (SSSR count). The van der Waals surface area contributed by atoms with Crippen molar-refractivity contribution in [3.05, 3.63) is 59.6 Å². The van der Waals surface area contributed by atoms with Gasteiger partial charge in [0.15, 0.2) is 0 Å². The van der Waals surface area contributed by atoms with E-state index in [-0.39, 0.29) is 18.4 Å². The molecule has 2 N–H and O–H groups in total. The molecular weight excluding hydrogens is 292 g/mol. The summed E-state index contributed by atoms with van der Waals surface area (Å²) in [5.41, 5.74) is 1.83. The van der Waals surface area contributed by atoms with Crippen molar-refractivity contribution in [3.8, 4) is 0 Å². The summed E-state index contributed by atoms with van der Waals surface area (Å²) in [5, 5.41) is 5.34. The van der Waals surface area contributed by atoms with Crippen LogP contribution in [-0.4, -0.2) is 18.4 Å². The zero-order valence-electron chi connectivity index (χ0n) is 13.3. The largest absolute Gasteiger partial charge is 0.462 e. The van der Waals surface area contributed by atoms with Crippen molar-refractivity contribution in [2.75, 3.05) is 11.9 Å². The van der Waals surface area contributed by atoms with E-state index >= 15 is 0 Å². The van der Waals surface area contributed by atoms with E-state index in [0.29, 0.717) is 5.76 Å². The zero-order chi connectivity index (χ0) is 16.7. The van der Waals surface area contributed by atoms with Crippen LogP contribution in [0, 0.1) is 6.92 Å². The van der Waals surface area contributed by atoms with E-state index in [1.54, 1.807) is 12.1 Å². The average molecular weight is 312 g/mol. The van der Waals surface area contributed by atoms with E-state index in [9.17, 15) is 9.59 Å². The molecular formula is C18H20N2O3. The molecule has 2 aromatic rings. The number of benzene rings is 1. The first-order valence-electron chi connectivity index (χ1n) is 7.48. The predicted octanol–water partition coefficient (Wildman–Crippen LogP) is 2.92. The quantitative estimate of drug-likeness (QED) is 0.806. The van der Waals surface area contributed by atoms with Crippen LogP contribution in [0.1, 0.15) is 24.0 Å². The molecule has 0 unspecified atom stereocenters. The lowest BCUT2D eigenvalue weighted by molar-refractivity contribution is -0.121. The molecule has 5 heteroatoms. The van der Waals surface area contributed by atoms with Crippen molar-refractivity contribution in [2.24, 2.45) is 0 Å². The zero-order valence-corrected chi connectivity index (χ0v) is 13.3. The number of hydrogen-bond acceptors (Lipinski definition) is 3. The maximum Gasteiger partial charge on any atom is 0.244 e. The lowest BCUT2D eigenvalue weighted by atomic mass is 10.1. The molecule has 0 aliphatic heterocycles. The third-order valence-electron chi connectivity index (χ3n) is 3.26. The third-order valence-corrected chi connectivity index (χ3v) is 3.26. The first-order valence-corrected chi connectivity index (χ1v) is 7.48. The highest BCUT2D eigenvalue weighted by molar-refractivity contribution is 5.98. The van der Waals surface area contributed by atoms with Gasteiger partial charge >= 0.3 is 0 Å². The van der Waals surface area contributed by atoms with Crippen LogP contribution in [0.4, 0.5) is 5.69 Å². The van der Waals surface area contributed by atoms with Crippen LogP contribution in [0.5, 0.6) is 0 Å². The second-order valence-electron chi connectivity index (χ2n) is 5.06. The van der Waals surface area contributed by atoms with E-state index < -0.39 is 0 Å². The van der Waals surface area contributed by atoms with Gasteiger partial charge in [-0.15, -0.1) is 0 Å². The van der Waals surface area contributed by atoms with Crippen LogP contribution in [0.3, 0.4) is 0 Å². The van der Waals surface area contributed by atoms with E-state index in [4.69, 9.17) is 4.42 Å². The summed E-state index contributed by atoms with van der Waals surface area (Å²) in [5.74, 6) is 0.762. The van der Waals surface area contributed by atoms with Crippen molar-refractivity contribution in [1.82, 2.24) is 5.32 Å². The Morgan fingerprint density at radius 3 is 2.65 bits per heavy atom. The number of furan rings is 1. The first-order chi connectivity index (χ1) is 11.1. The number of aryl methyl sites for hydroxylation is 2. The summed E-state index contributed by atoms with van der Waals surface area (Å²) in [4.78, 5) is 23.6. The SMILES string of the molecule is CCc1ccccc1NC(=O)CNC(=O)/C=C/c1ccc(C)o1. The minimum absolute atomic E-state index is 0.0849. The highest BCUT2D eigenvalue weighted by Gasteiger charge is 2.06. The molecule has 2 amide bonds. The van der Waals surface area contributed by atoms with E-state index in [1.807, 2.05) is 44.2 Å². The van der Waals surface area contributed by atoms with Gasteiger partial charge < -0.3 is 15.1 Å². The second-order valence-corrected chi connectivity index (χ2v) is 5.06. The molecule has 0 bridgehead atoms. The summed E-state index contributed by atoms with van der Waals surface area (Å²) < 4.78 is 5.32. The van der Waals surface area contributed by atoms with Gasteiger partial charge in [0.05, 0.1) is 6.54 Å². The van der Waals surface area contributed by atoms with Gasteiger partial charge in [0, 0.05) is 11.8 Å². The fourth-order valence-electron chi connectivity index (χ4n) is 2.07. The molecule has 1 aromatic carbocycles. The minimum atomic E-state index is -0.349. The fourth-order valence-corrected chi connectivity index (χ4v) is 2.07. The average Bonchev–Trinajstić information content (AvgIpc) is 2.97. The van der Waals surface area contributed by atoms with Gasteiger partial charge in [0.25, 0.3) is 0 Å². The second kappa shape index (κ2) is 7.98. The summed E-state index contributed by atoms with van der Waals surface area (Å²) in [7, 11) is 0. The maximum absolute atomic E-state index is 11.9.